The highest BCUT2D eigenvalue weighted by Crippen LogP contribution is 1.86. The van der Waals surface area contributed by atoms with Crippen molar-refractivity contribution in [3.8, 4) is 0 Å². The number of hydrazine groups is 1. The molecule has 0 aliphatic rings. The van der Waals surface area contributed by atoms with Crippen LogP contribution in [0.4, 0.5) is 0 Å². The molecular weight excluding hydrogens is 152 g/mol. The van der Waals surface area contributed by atoms with Gasteiger partial charge in [0.2, 0.25) is 0 Å². The third kappa shape index (κ3) is 12.0. The molecule has 0 spiro atoms. The molecule has 0 aromatic heterocycles. The van der Waals surface area contributed by atoms with Crippen molar-refractivity contribution in [1.29, 1.82) is 0 Å². The van der Waals surface area contributed by atoms with E-state index in [0.717, 1.165) is 12.2 Å². The quantitative estimate of drug-likeness (QED) is 0.473. The summed E-state index contributed by atoms with van der Waals surface area (Å²) in [6.07, 6.45) is 1.69. The van der Waals surface area contributed by atoms with E-state index in [1.54, 1.807) is 13.2 Å². The van der Waals surface area contributed by atoms with Gasteiger partial charge in [0.05, 0.1) is 0 Å². The van der Waals surface area contributed by atoms with Crippen LogP contribution in [-0.2, 0) is 0 Å². The standard InChI is InChI=1S/C6H16N4.C2H6/c1-9(2)4-6(7)5-10(3)8;1-2/h5H,4,7-8H2,1-3H3;1-2H3/b6-5-;. The summed E-state index contributed by atoms with van der Waals surface area (Å²) in [5.74, 6) is 5.33. The molecule has 0 unspecified atom stereocenters. The zero-order chi connectivity index (χ0) is 10.1. The summed E-state index contributed by atoms with van der Waals surface area (Å²) in [6, 6.07) is 0. The van der Waals surface area contributed by atoms with Gasteiger partial charge < -0.3 is 15.6 Å². The van der Waals surface area contributed by atoms with Crippen LogP contribution < -0.4 is 11.6 Å². The summed E-state index contributed by atoms with van der Waals surface area (Å²) in [4.78, 5) is 1.98. The summed E-state index contributed by atoms with van der Waals surface area (Å²) in [5.41, 5.74) is 6.33. The van der Waals surface area contributed by atoms with Crippen LogP contribution in [0.15, 0.2) is 11.9 Å². The summed E-state index contributed by atoms with van der Waals surface area (Å²) in [5, 5.41) is 1.44. The Bertz CT molecular complexity index is 118. The largest absolute Gasteiger partial charge is 0.400 e. The first-order chi connectivity index (χ1) is 5.52. The first-order valence-electron chi connectivity index (χ1n) is 4.11. The van der Waals surface area contributed by atoms with E-state index >= 15 is 0 Å². The Labute approximate surface area is 75.8 Å². The van der Waals surface area contributed by atoms with Crippen molar-refractivity contribution < 1.29 is 0 Å². The van der Waals surface area contributed by atoms with E-state index in [-0.39, 0.29) is 0 Å². The van der Waals surface area contributed by atoms with E-state index in [2.05, 4.69) is 0 Å². The molecule has 4 nitrogen and oxygen atoms in total. The van der Waals surface area contributed by atoms with Gasteiger partial charge in [-0.15, -0.1) is 0 Å². The van der Waals surface area contributed by atoms with Gasteiger partial charge >= 0.3 is 0 Å². The monoisotopic (exact) mass is 174 g/mol. The fraction of sp³-hybridized carbons (Fsp3) is 0.750. The van der Waals surface area contributed by atoms with E-state index < -0.39 is 0 Å². The van der Waals surface area contributed by atoms with Gasteiger partial charge in [-0.05, 0) is 14.1 Å². The fourth-order valence-electron chi connectivity index (χ4n) is 0.668. The van der Waals surface area contributed by atoms with Crippen molar-refractivity contribution >= 4 is 0 Å². The van der Waals surface area contributed by atoms with Gasteiger partial charge in [-0.1, -0.05) is 13.8 Å². The molecule has 0 heterocycles. The van der Waals surface area contributed by atoms with Crippen molar-refractivity contribution in [2.75, 3.05) is 27.7 Å². The van der Waals surface area contributed by atoms with Crippen LogP contribution in [0.2, 0.25) is 0 Å². The molecule has 0 aliphatic carbocycles. The molecule has 0 atom stereocenters. The lowest BCUT2D eigenvalue weighted by Crippen LogP contribution is -2.25. The SMILES string of the molecule is CC.CN(N)/C=C(\N)CN(C)C. The second kappa shape index (κ2) is 8.36. The lowest BCUT2D eigenvalue weighted by Gasteiger charge is -2.11. The Morgan fingerprint density at radius 1 is 1.25 bits per heavy atom. The molecule has 0 radical (unpaired) electrons. The maximum Gasteiger partial charge on any atom is 0.0400 e. The first-order valence-corrected chi connectivity index (χ1v) is 4.11. The zero-order valence-corrected chi connectivity index (χ0v) is 8.83. The van der Waals surface area contributed by atoms with Gasteiger partial charge in [-0.25, -0.2) is 5.84 Å². The van der Waals surface area contributed by atoms with Crippen molar-refractivity contribution in [3.63, 3.8) is 0 Å². The minimum Gasteiger partial charge on any atom is -0.400 e. The average Bonchev–Trinajstić information content (AvgIpc) is 1.87. The summed E-state index contributed by atoms with van der Waals surface area (Å²) < 4.78 is 0. The van der Waals surface area contributed by atoms with Crippen LogP contribution in [0, 0.1) is 0 Å². The molecule has 0 saturated carbocycles. The van der Waals surface area contributed by atoms with Crippen LogP contribution in [0.25, 0.3) is 0 Å². The lowest BCUT2D eigenvalue weighted by atomic mass is 10.4. The van der Waals surface area contributed by atoms with Gasteiger partial charge in [-0.3, -0.25) is 0 Å². The van der Waals surface area contributed by atoms with Crippen molar-refractivity contribution in [1.82, 2.24) is 9.91 Å². The topological polar surface area (TPSA) is 58.5 Å². The highest BCUT2D eigenvalue weighted by Gasteiger charge is 1.92. The first kappa shape index (κ1) is 13.8. The Balaban J connectivity index is 0. The van der Waals surface area contributed by atoms with E-state index in [4.69, 9.17) is 11.6 Å². The molecule has 0 aliphatic heterocycles. The van der Waals surface area contributed by atoms with E-state index in [1.807, 2.05) is 32.8 Å². The summed E-state index contributed by atoms with van der Waals surface area (Å²) >= 11 is 0. The molecule has 0 fully saturated rings. The van der Waals surface area contributed by atoms with Crippen LogP contribution in [0.3, 0.4) is 0 Å². The smallest absolute Gasteiger partial charge is 0.0400 e. The molecule has 0 amide bonds. The lowest BCUT2D eigenvalue weighted by molar-refractivity contribution is 0.427. The Morgan fingerprint density at radius 2 is 1.67 bits per heavy atom. The molecule has 74 valence electrons. The van der Waals surface area contributed by atoms with Crippen LogP contribution in [0.5, 0.6) is 0 Å². The number of rotatable bonds is 3. The molecule has 0 rings (SSSR count). The molecule has 0 aromatic carbocycles. The number of likely N-dealkylation sites (N-methyl/N-ethyl adjacent to an activating group) is 1. The number of hydrogen-bond acceptors (Lipinski definition) is 4. The summed E-state index contributed by atoms with van der Waals surface area (Å²) in [7, 11) is 5.65. The second-order valence-electron chi connectivity index (χ2n) is 2.61. The van der Waals surface area contributed by atoms with Crippen molar-refractivity contribution in [3.05, 3.63) is 11.9 Å². The Hall–Kier alpha value is -0.740. The Morgan fingerprint density at radius 3 is 1.92 bits per heavy atom. The molecule has 0 bridgehead atoms. The number of hydrogen-bond donors (Lipinski definition) is 2. The predicted octanol–water partition coefficient (Wildman–Crippen LogP) is 0.180. The molecule has 0 aromatic rings. The van der Waals surface area contributed by atoms with Gasteiger partial charge in [0, 0.05) is 25.5 Å². The number of nitrogens with zero attached hydrogens (tertiary/aromatic N) is 2. The molecule has 12 heavy (non-hydrogen) atoms. The third-order valence-corrected chi connectivity index (χ3v) is 0.868. The number of nitrogens with two attached hydrogens (primary N) is 2. The fourth-order valence-corrected chi connectivity index (χ4v) is 0.668. The van der Waals surface area contributed by atoms with Crippen LogP contribution in [0.1, 0.15) is 13.8 Å². The third-order valence-electron chi connectivity index (χ3n) is 0.868. The zero-order valence-electron chi connectivity index (χ0n) is 8.83. The highest BCUT2D eigenvalue weighted by atomic mass is 15.4. The van der Waals surface area contributed by atoms with E-state index in [9.17, 15) is 0 Å². The van der Waals surface area contributed by atoms with Gasteiger partial charge in [0.1, 0.15) is 0 Å². The van der Waals surface area contributed by atoms with Gasteiger partial charge in [0.15, 0.2) is 0 Å². The minimum atomic E-state index is 0.738. The molecule has 4 heteroatoms. The minimum absolute atomic E-state index is 0.738. The van der Waals surface area contributed by atoms with Crippen molar-refractivity contribution in [2.45, 2.75) is 13.8 Å². The van der Waals surface area contributed by atoms with Gasteiger partial charge in [-0.2, -0.15) is 0 Å². The Kier molecular flexibility index (Phi) is 9.63. The average molecular weight is 174 g/mol. The molecule has 4 N–H and O–H groups in total. The van der Waals surface area contributed by atoms with E-state index in [0.29, 0.717) is 0 Å². The van der Waals surface area contributed by atoms with Crippen LogP contribution in [-0.4, -0.2) is 37.6 Å². The van der Waals surface area contributed by atoms with Gasteiger partial charge in [0.25, 0.3) is 0 Å². The summed E-state index contributed by atoms with van der Waals surface area (Å²) in [6.45, 7) is 4.74. The van der Waals surface area contributed by atoms with Crippen LogP contribution >= 0.6 is 0 Å². The van der Waals surface area contributed by atoms with E-state index in [1.165, 1.54) is 5.01 Å². The normalized spacial score (nSPS) is 10.8. The second-order valence-corrected chi connectivity index (χ2v) is 2.61. The molecule has 0 saturated heterocycles. The maximum atomic E-state index is 5.57. The molecular formula is C8H22N4. The highest BCUT2D eigenvalue weighted by molar-refractivity contribution is 4.96. The van der Waals surface area contributed by atoms with Crippen molar-refractivity contribution in [2.24, 2.45) is 11.6 Å². The maximum absolute atomic E-state index is 5.57. The predicted molar refractivity (Wildman–Crippen MR) is 54.1 cm³/mol.